The molecule has 2 aromatic rings. The topological polar surface area (TPSA) is 37.0 Å². The maximum Gasteiger partial charge on any atom is 0.187 e. The molecule has 5 nitrogen and oxygen atoms in total. The molecular weight excluding hydrogens is 398 g/mol. The van der Waals surface area contributed by atoms with Gasteiger partial charge in [0.15, 0.2) is 6.35 Å². The van der Waals surface area contributed by atoms with Crippen LogP contribution in [0.15, 0.2) is 66.4 Å². The van der Waals surface area contributed by atoms with Gasteiger partial charge in [0.2, 0.25) is 0 Å². The van der Waals surface area contributed by atoms with Crippen molar-refractivity contribution in [1.82, 2.24) is 5.32 Å². The van der Waals surface area contributed by atoms with Crippen molar-refractivity contribution in [3.63, 3.8) is 0 Å². The van der Waals surface area contributed by atoms with E-state index in [4.69, 9.17) is 9.47 Å². The number of hydrogen-bond acceptors (Lipinski definition) is 5. The number of allylic oxidation sites excluding steroid dienone is 1. The van der Waals surface area contributed by atoms with E-state index in [1.54, 1.807) is 7.11 Å². The molecule has 0 saturated carbocycles. The van der Waals surface area contributed by atoms with Gasteiger partial charge in [-0.25, -0.2) is 0 Å². The van der Waals surface area contributed by atoms with E-state index in [-0.39, 0.29) is 17.8 Å². The van der Waals surface area contributed by atoms with Crippen molar-refractivity contribution in [2.45, 2.75) is 31.7 Å². The maximum atomic E-state index is 5.99. The number of nitrogens with one attached hydrogen (secondary N) is 1. The molecule has 0 radical (unpaired) electrons. The average molecular weight is 432 g/mol. The monoisotopic (exact) mass is 431 g/mol. The van der Waals surface area contributed by atoms with E-state index in [2.05, 4.69) is 83.2 Å². The van der Waals surface area contributed by atoms with Crippen molar-refractivity contribution in [3.05, 3.63) is 77.6 Å². The molecule has 2 aromatic carbocycles. The van der Waals surface area contributed by atoms with Crippen LogP contribution >= 0.6 is 0 Å². The minimum absolute atomic E-state index is 0.101. The molecule has 1 unspecified atom stereocenters. The van der Waals surface area contributed by atoms with Crippen LogP contribution in [-0.2, 0) is 10.2 Å². The summed E-state index contributed by atoms with van der Waals surface area (Å²) in [5.74, 6) is 0.875. The molecule has 1 saturated heterocycles. The molecule has 0 spiro atoms. The minimum atomic E-state index is -0.141. The van der Waals surface area contributed by atoms with Crippen LogP contribution in [0.25, 0.3) is 6.08 Å². The van der Waals surface area contributed by atoms with E-state index < -0.39 is 0 Å². The van der Waals surface area contributed by atoms with Crippen LogP contribution < -0.4 is 19.9 Å². The van der Waals surface area contributed by atoms with E-state index in [9.17, 15) is 0 Å². The van der Waals surface area contributed by atoms with E-state index in [0.717, 1.165) is 12.3 Å². The van der Waals surface area contributed by atoms with Crippen molar-refractivity contribution in [3.8, 4) is 5.75 Å². The quantitative estimate of drug-likeness (QED) is 0.536. The first kappa shape index (κ1) is 22.2. The zero-order valence-electron chi connectivity index (χ0n) is 19.6. The number of benzene rings is 2. The van der Waals surface area contributed by atoms with Gasteiger partial charge in [0.05, 0.1) is 19.8 Å². The molecule has 2 heterocycles. The lowest BCUT2D eigenvalue weighted by Crippen LogP contribution is -2.50. The summed E-state index contributed by atoms with van der Waals surface area (Å²) in [6, 6.07) is 14.9. The van der Waals surface area contributed by atoms with E-state index in [1.165, 1.54) is 22.5 Å². The average Bonchev–Trinajstić information content (AvgIpc) is 3.39. The Morgan fingerprint density at radius 2 is 1.97 bits per heavy atom. The largest absolute Gasteiger partial charge is 0.497 e. The minimum Gasteiger partial charge on any atom is -0.497 e. The molecular formula is C27H33N3O2. The zero-order valence-corrected chi connectivity index (χ0v) is 19.6. The Morgan fingerprint density at radius 3 is 2.62 bits per heavy atom. The van der Waals surface area contributed by atoms with Crippen molar-refractivity contribution in [2.75, 3.05) is 44.2 Å². The maximum absolute atomic E-state index is 5.99. The van der Waals surface area contributed by atoms with E-state index >= 15 is 0 Å². The molecule has 0 bridgehead atoms. The number of fused-ring (bicyclic) bond motifs is 1. The fourth-order valence-electron chi connectivity index (χ4n) is 4.44. The first-order chi connectivity index (χ1) is 15.4. The van der Waals surface area contributed by atoms with E-state index in [0.29, 0.717) is 6.61 Å². The molecule has 1 fully saturated rings. The molecule has 2 atom stereocenters. The number of methoxy groups -OCH3 is 1. The van der Waals surface area contributed by atoms with E-state index in [1.807, 2.05) is 32.3 Å². The summed E-state index contributed by atoms with van der Waals surface area (Å²) in [7, 11) is 5.81. The molecule has 0 amide bonds. The fraction of sp³-hybridized carbons (Fsp3) is 0.370. The van der Waals surface area contributed by atoms with Crippen LogP contribution in [0.3, 0.4) is 0 Å². The second kappa shape index (κ2) is 9.25. The summed E-state index contributed by atoms with van der Waals surface area (Å²) in [5.41, 5.74) is 8.07. The summed E-state index contributed by atoms with van der Waals surface area (Å²) >= 11 is 0. The summed E-state index contributed by atoms with van der Waals surface area (Å²) in [4.78, 5) is 4.42. The van der Waals surface area contributed by atoms with Gasteiger partial charge in [-0.3, -0.25) is 5.32 Å². The summed E-state index contributed by atoms with van der Waals surface area (Å²) in [5, 5.41) is 3.47. The van der Waals surface area contributed by atoms with Gasteiger partial charge in [0.25, 0.3) is 0 Å². The third-order valence-electron chi connectivity index (χ3n) is 6.31. The van der Waals surface area contributed by atoms with Crippen molar-refractivity contribution in [2.24, 2.45) is 0 Å². The second-order valence-electron chi connectivity index (χ2n) is 8.98. The van der Waals surface area contributed by atoms with Gasteiger partial charge in [-0.15, -0.1) is 5.73 Å². The van der Waals surface area contributed by atoms with Crippen molar-refractivity contribution in [1.29, 1.82) is 0 Å². The first-order valence-electron chi connectivity index (χ1n) is 11.1. The highest BCUT2D eigenvalue weighted by Crippen LogP contribution is 2.48. The van der Waals surface area contributed by atoms with Gasteiger partial charge in [-0.2, -0.15) is 0 Å². The lowest BCUT2D eigenvalue weighted by Gasteiger charge is -2.35. The third kappa shape index (κ3) is 4.33. The normalized spacial score (nSPS) is 21.3. The van der Waals surface area contributed by atoms with Crippen LogP contribution in [0.5, 0.6) is 5.75 Å². The molecule has 1 N–H and O–H groups in total. The second-order valence-corrected chi connectivity index (χ2v) is 8.98. The lowest BCUT2D eigenvalue weighted by molar-refractivity contribution is 0.0916. The predicted molar refractivity (Wildman–Crippen MR) is 132 cm³/mol. The van der Waals surface area contributed by atoms with Gasteiger partial charge in [-0.1, -0.05) is 38.1 Å². The number of anilines is 2. The Morgan fingerprint density at radius 1 is 1.19 bits per heavy atom. The van der Waals surface area contributed by atoms with Crippen molar-refractivity contribution >= 4 is 17.5 Å². The molecule has 4 rings (SSSR count). The number of rotatable bonds is 6. The van der Waals surface area contributed by atoms with Gasteiger partial charge >= 0.3 is 0 Å². The number of nitrogens with zero attached hydrogens (tertiary/aromatic N) is 2. The van der Waals surface area contributed by atoms with Gasteiger partial charge in [0, 0.05) is 37.4 Å². The molecule has 0 aliphatic carbocycles. The molecule has 2 aliphatic heterocycles. The molecule has 2 aliphatic rings. The van der Waals surface area contributed by atoms with Crippen molar-refractivity contribution < 1.29 is 9.47 Å². The third-order valence-corrected chi connectivity index (χ3v) is 6.31. The summed E-state index contributed by atoms with van der Waals surface area (Å²) in [6.45, 7) is 6.11. The Balaban J connectivity index is 1.58. The van der Waals surface area contributed by atoms with Crippen LogP contribution in [-0.4, -0.2) is 46.8 Å². The highest BCUT2D eigenvalue weighted by Gasteiger charge is 2.47. The summed E-state index contributed by atoms with van der Waals surface area (Å²) < 4.78 is 11.5. The summed E-state index contributed by atoms with van der Waals surface area (Å²) in [6.07, 6.45) is 8.11. The number of hydrogen-bond donors (Lipinski definition) is 1. The standard InChI is InChI=1S/C27H33N3O2/c1-27(2)23-19-22(31-5)15-16-24(23)30(26-28-17-18-32-26)25(27)10-8-6-7-9-20-11-13-21(14-12-20)29(3)4/h6-7,9-16,19,25-26,28H,17-18H2,1-5H3/t8?,25?,26-/m1/s1. The van der Waals surface area contributed by atoms with Gasteiger partial charge < -0.3 is 19.3 Å². The van der Waals surface area contributed by atoms with Crippen LogP contribution in [0.1, 0.15) is 25.0 Å². The smallest absolute Gasteiger partial charge is 0.187 e. The molecule has 0 aromatic heterocycles. The Bertz CT molecular complexity index is 1030. The lowest BCUT2D eigenvalue weighted by atomic mass is 9.80. The van der Waals surface area contributed by atoms with Crippen LogP contribution in [0.4, 0.5) is 11.4 Å². The van der Waals surface area contributed by atoms with Gasteiger partial charge in [0.1, 0.15) is 5.75 Å². The Labute approximate surface area is 191 Å². The fourth-order valence-corrected chi connectivity index (χ4v) is 4.44. The van der Waals surface area contributed by atoms with Crippen LogP contribution in [0, 0.1) is 0 Å². The number of ether oxygens (including phenoxy) is 2. The predicted octanol–water partition coefficient (Wildman–Crippen LogP) is 4.56. The first-order valence-corrected chi connectivity index (χ1v) is 11.1. The zero-order chi connectivity index (χ0) is 22.7. The molecule has 32 heavy (non-hydrogen) atoms. The highest BCUT2D eigenvalue weighted by atomic mass is 16.5. The Hall–Kier alpha value is -2.98. The van der Waals surface area contributed by atoms with Crippen LogP contribution in [0.2, 0.25) is 0 Å². The molecule has 168 valence electrons. The SMILES string of the molecule is COc1ccc2c(c1)C(C)(C)C(C=C=CC=Cc1ccc(N(C)C)cc1)N2[C@H]1NCCO1. The van der Waals surface area contributed by atoms with Gasteiger partial charge in [-0.05, 0) is 53.6 Å². The molecule has 5 heteroatoms. The highest BCUT2D eigenvalue weighted by molar-refractivity contribution is 5.67. The Kier molecular flexibility index (Phi) is 6.43.